The lowest BCUT2D eigenvalue weighted by atomic mass is 10.0. The first-order valence-corrected chi connectivity index (χ1v) is 13.9. The van der Waals surface area contributed by atoms with E-state index in [2.05, 4.69) is 11.4 Å². The van der Waals surface area contributed by atoms with Crippen molar-refractivity contribution < 1.29 is 13.8 Å². The maximum absolute atomic E-state index is 13.9. The number of carbonyl (C=O) groups excluding carboxylic acids is 2. The van der Waals surface area contributed by atoms with E-state index < -0.39 is 10.8 Å². The largest absolute Gasteiger partial charge is 0.352 e. The molecule has 7 heteroatoms. The number of amides is 2. The Morgan fingerprint density at radius 1 is 0.921 bits per heavy atom. The Bertz CT molecular complexity index is 1570. The highest BCUT2D eigenvalue weighted by Gasteiger charge is 2.31. The summed E-state index contributed by atoms with van der Waals surface area (Å²) in [5.74, 6) is -0.498. The van der Waals surface area contributed by atoms with Crippen molar-refractivity contribution in [2.24, 2.45) is 0 Å². The quantitative estimate of drug-likeness (QED) is 0.313. The third kappa shape index (κ3) is 5.28. The van der Waals surface area contributed by atoms with Gasteiger partial charge in [0.1, 0.15) is 0 Å². The second-order valence-corrected chi connectivity index (χ2v) is 11.3. The normalized spacial score (nSPS) is 14.4. The zero-order valence-electron chi connectivity index (χ0n) is 21.2. The standard InChI is InChI=1S/C31H27ClN2O3S/c1-20-7-8-21(2)24(17-20)19-34-27-18-23(30(35)33-16-15-22-9-12-25(32)13-10-22)11-14-29(27)38(37)28-6-4-3-5-26(28)31(34)36/h3-14,17-18H,15-16,19H2,1-2H3,(H,33,35). The van der Waals surface area contributed by atoms with Crippen molar-refractivity contribution >= 4 is 39.9 Å². The van der Waals surface area contributed by atoms with E-state index in [4.69, 9.17) is 11.6 Å². The maximum Gasteiger partial charge on any atom is 0.259 e. The molecule has 4 aromatic carbocycles. The van der Waals surface area contributed by atoms with Gasteiger partial charge in [0.25, 0.3) is 11.8 Å². The predicted octanol–water partition coefficient (Wildman–Crippen LogP) is 6.26. The fourth-order valence-electron chi connectivity index (χ4n) is 4.58. The maximum atomic E-state index is 13.9. The average Bonchev–Trinajstić information content (AvgIpc) is 3.01. The van der Waals surface area contributed by atoms with Crippen LogP contribution in [0.5, 0.6) is 0 Å². The van der Waals surface area contributed by atoms with Gasteiger partial charge in [-0.15, -0.1) is 0 Å². The molecular formula is C31H27ClN2O3S. The minimum atomic E-state index is -1.58. The van der Waals surface area contributed by atoms with Gasteiger partial charge in [-0.2, -0.15) is 0 Å². The number of hydrogen-bond donors (Lipinski definition) is 1. The Labute approximate surface area is 229 Å². The number of nitrogens with zero attached hydrogens (tertiary/aromatic N) is 1. The molecule has 1 atom stereocenters. The number of benzene rings is 4. The lowest BCUT2D eigenvalue weighted by Crippen LogP contribution is -2.31. The minimum absolute atomic E-state index is 0.242. The molecule has 1 aliphatic heterocycles. The Morgan fingerprint density at radius 2 is 1.68 bits per heavy atom. The third-order valence-corrected chi connectivity index (χ3v) is 8.47. The van der Waals surface area contributed by atoms with Gasteiger partial charge >= 0.3 is 0 Å². The van der Waals surface area contributed by atoms with Crippen LogP contribution in [0.15, 0.2) is 94.7 Å². The monoisotopic (exact) mass is 542 g/mol. The summed E-state index contributed by atoms with van der Waals surface area (Å²) in [6.07, 6.45) is 0.657. The van der Waals surface area contributed by atoms with Gasteiger partial charge in [-0.05, 0) is 79.4 Å². The molecule has 0 fully saturated rings. The topological polar surface area (TPSA) is 66.5 Å². The number of anilines is 1. The van der Waals surface area contributed by atoms with Gasteiger partial charge in [0, 0.05) is 17.1 Å². The Kier molecular flexibility index (Phi) is 7.45. The van der Waals surface area contributed by atoms with Crippen molar-refractivity contribution in [2.75, 3.05) is 11.4 Å². The number of fused-ring (bicyclic) bond motifs is 2. The Balaban J connectivity index is 1.49. The van der Waals surface area contributed by atoms with Gasteiger partial charge in [0.05, 0.1) is 38.4 Å². The average molecular weight is 543 g/mol. The summed E-state index contributed by atoms with van der Waals surface area (Å²) < 4.78 is 13.6. The number of aryl methyl sites for hydroxylation is 2. The molecule has 192 valence electrons. The van der Waals surface area contributed by atoms with Crippen LogP contribution in [0, 0.1) is 13.8 Å². The van der Waals surface area contributed by atoms with Crippen LogP contribution >= 0.6 is 11.6 Å². The van der Waals surface area contributed by atoms with Gasteiger partial charge in [-0.25, -0.2) is 4.21 Å². The molecule has 0 aromatic heterocycles. The fourth-order valence-corrected chi connectivity index (χ4v) is 6.05. The van der Waals surface area contributed by atoms with Crippen molar-refractivity contribution in [2.45, 2.75) is 36.6 Å². The first-order valence-electron chi connectivity index (χ1n) is 12.4. The van der Waals surface area contributed by atoms with Crippen LogP contribution in [0.1, 0.15) is 43.0 Å². The van der Waals surface area contributed by atoms with Crippen molar-refractivity contribution in [1.29, 1.82) is 0 Å². The zero-order valence-corrected chi connectivity index (χ0v) is 22.7. The Morgan fingerprint density at radius 3 is 2.47 bits per heavy atom. The molecule has 5 rings (SSSR count). The van der Waals surface area contributed by atoms with Crippen LogP contribution in [0.3, 0.4) is 0 Å². The number of rotatable bonds is 6. The smallest absolute Gasteiger partial charge is 0.259 e. The molecule has 1 heterocycles. The van der Waals surface area contributed by atoms with E-state index >= 15 is 0 Å². The van der Waals surface area contributed by atoms with Crippen LogP contribution in [0.2, 0.25) is 5.02 Å². The summed E-state index contributed by atoms with van der Waals surface area (Å²) in [7, 11) is -1.58. The molecule has 0 bridgehead atoms. The number of hydrogen-bond acceptors (Lipinski definition) is 3. The van der Waals surface area contributed by atoms with E-state index in [-0.39, 0.29) is 11.8 Å². The van der Waals surface area contributed by atoms with Gasteiger partial charge in [0.15, 0.2) is 0 Å². The van der Waals surface area contributed by atoms with E-state index in [1.165, 1.54) is 0 Å². The summed E-state index contributed by atoms with van der Waals surface area (Å²) in [6, 6.07) is 25.7. The van der Waals surface area contributed by atoms with Crippen LogP contribution in [0.25, 0.3) is 0 Å². The summed E-state index contributed by atoms with van der Waals surface area (Å²) in [6.45, 7) is 4.76. The molecule has 0 spiro atoms. The number of nitrogens with one attached hydrogen (secondary N) is 1. The molecule has 0 saturated carbocycles. The lowest BCUT2D eigenvalue weighted by Gasteiger charge is -2.24. The highest BCUT2D eigenvalue weighted by Crippen LogP contribution is 2.36. The van der Waals surface area contributed by atoms with E-state index in [1.807, 2.05) is 50.2 Å². The van der Waals surface area contributed by atoms with E-state index in [1.54, 1.807) is 47.4 Å². The second kappa shape index (κ2) is 10.9. The molecule has 2 amide bonds. The molecular weight excluding hydrogens is 516 g/mol. The summed E-state index contributed by atoms with van der Waals surface area (Å²) in [4.78, 5) is 29.6. The van der Waals surface area contributed by atoms with Gasteiger partial charge in [-0.1, -0.05) is 59.6 Å². The van der Waals surface area contributed by atoms with Crippen LogP contribution in [-0.2, 0) is 23.8 Å². The zero-order chi connectivity index (χ0) is 26.8. The van der Waals surface area contributed by atoms with Gasteiger partial charge < -0.3 is 10.2 Å². The molecule has 0 radical (unpaired) electrons. The predicted molar refractivity (Wildman–Crippen MR) is 151 cm³/mol. The second-order valence-electron chi connectivity index (χ2n) is 9.40. The summed E-state index contributed by atoms with van der Waals surface area (Å²) >= 11 is 5.96. The van der Waals surface area contributed by atoms with Crippen LogP contribution in [-0.4, -0.2) is 22.6 Å². The van der Waals surface area contributed by atoms with Crippen molar-refractivity contribution in [3.05, 3.63) is 123 Å². The summed E-state index contributed by atoms with van der Waals surface area (Å²) in [5.41, 5.74) is 5.49. The van der Waals surface area contributed by atoms with Gasteiger partial charge in [-0.3, -0.25) is 9.59 Å². The molecule has 1 unspecified atom stereocenters. The van der Waals surface area contributed by atoms with E-state index in [0.29, 0.717) is 51.1 Å². The molecule has 38 heavy (non-hydrogen) atoms. The number of carbonyl (C=O) groups is 2. The first kappa shape index (κ1) is 25.9. The first-order chi connectivity index (χ1) is 18.3. The van der Waals surface area contributed by atoms with E-state index in [9.17, 15) is 13.8 Å². The Hall–Kier alpha value is -3.74. The highest BCUT2D eigenvalue weighted by molar-refractivity contribution is 7.85. The van der Waals surface area contributed by atoms with Crippen molar-refractivity contribution in [3.63, 3.8) is 0 Å². The molecule has 5 nitrogen and oxygen atoms in total. The highest BCUT2D eigenvalue weighted by atomic mass is 35.5. The van der Waals surface area contributed by atoms with Crippen molar-refractivity contribution in [3.8, 4) is 0 Å². The SMILES string of the molecule is Cc1ccc(C)c(CN2C(=O)c3ccccc3S(=O)c3ccc(C(=O)NCCc4ccc(Cl)cc4)cc32)c1. The van der Waals surface area contributed by atoms with Gasteiger partial charge in [0.2, 0.25) is 0 Å². The van der Waals surface area contributed by atoms with Crippen molar-refractivity contribution in [1.82, 2.24) is 5.32 Å². The van der Waals surface area contributed by atoms with Crippen LogP contribution in [0.4, 0.5) is 5.69 Å². The van der Waals surface area contributed by atoms with Crippen LogP contribution < -0.4 is 10.2 Å². The number of halogens is 1. The lowest BCUT2D eigenvalue weighted by molar-refractivity contribution is 0.0950. The molecule has 4 aromatic rings. The molecule has 0 aliphatic carbocycles. The fraction of sp³-hybridized carbons (Fsp3) is 0.161. The minimum Gasteiger partial charge on any atom is -0.352 e. The molecule has 1 aliphatic rings. The molecule has 1 N–H and O–H groups in total. The molecule has 0 saturated heterocycles. The summed E-state index contributed by atoms with van der Waals surface area (Å²) in [5, 5.41) is 3.62. The van der Waals surface area contributed by atoms with E-state index in [0.717, 1.165) is 22.3 Å². The third-order valence-electron chi connectivity index (χ3n) is 6.72.